The van der Waals surface area contributed by atoms with Crippen molar-refractivity contribution >= 4 is 37.1 Å². The number of hydrogen-bond acceptors (Lipinski definition) is 5. The first kappa shape index (κ1) is 20.6. The Morgan fingerprint density at radius 1 is 0.724 bits per heavy atom. The third-order valence-corrected chi connectivity index (χ3v) is 6.50. The Kier molecular flexibility index (Phi) is 5.71. The Morgan fingerprint density at radius 3 is 1.97 bits per heavy atom. The van der Waals surface area contributed by atoms with E-state index in [1.807, 2.05) is 0 Å². The highest BCUT2D eigenvalue weighted by molar-refractivity contribution is 7.92. The summed E-state index contributed by atoms with van der Waals surface area (Å²) in [6.45, 7) is 0. The normalized spacial score (nSPS) is 11.6. The number of nitrogens with one attached hydrogen (secondary N) is 2. The monoisotopic (exact) mass is 430 g/mol. The highest BCUT2D eigenvalue weighted by atomic mass is 32.2. The van der Waals surface area contributed by atoms with E-state index in [0.717, 1.165) is 6.26 Å². The molecule has 0 aliphatic carbocycles. The average molecular weight is 431 g/mol. The first-order valence-corrected chi connectivity index (χ1v) is 11.8. The second-order valence-corrected chi connectivity index (χ2v) is 9.95. The smallest absolute Gasteiger partial charge is 0.261 e. The minimum Gasteiger partial charge on any atom is -0.322 e. The third kappa shape index (κ3) is 5.21. The maximum absolute atomic E-state index is 12.4. The molecule has 0 radical (unpaired) electrons. The molecular weight excluding hydrogens is 412 g/mol. The molecule has 0 aliphatic heterocycles. The van der Waals surface area contributed by atoms with E-state index < -0.39 is 25.8 Å². The van der Waals surface area contributed by atoms with Gasteiger partial charge in [0.2, 0.25) is 0 Å². The van der Waals surface area contributed by atoms with Gasteiger partial charge in [0, 0.05) is 17.5 Å². The molecule has 0 saturated heterocycles. The molecule has 0 aliphatic rings. The van der Waals surface area contributed by atoms with Crippen molar-refractivity contribution in [2.24, 2.45) is 0 Å². The SMILES string of the molecule is CS(=O)(=O)c1ccc(C(=O)Nc2cccc(NS(=O)(=O)c3ccccc3)c2)cc1. The van der Waals surface area contributed by atoms with Crippen molar-refractivity contribution in [3.63, 3.8) is 0 Å². The molecule has 0 bridgehead atoms. The zero-order valence-corrected chi connectivity index (χ0v) is 17.0. The molecule has 3 rings (SSSR count). The van der Waals surface area contributed by atoms with Crippen molar-refractivity contribution in [3.05, 3.63) is 84.4 Å². The van der Waals surface area contributed by atoms with Gasteiger partial charge in [0.1, 0.15) is 0 Å². The van der Waals surface area contributed by atoms with Crippen LogP contribution in [0.25, 0.3) is 0 Å². The Morgan fingerprint density at radius 2 is 1.34 bits per heavy atom. The molecule has 0 unspecified atom stereocenters. The molecule has 0 saturated carbocycles. The van der Waals surface area contributed by atoms with Crippen molar-refractivity contribution in [1.29, 1.82) is 0 Å². The fraction of sp³-hybridized carbons (Fsp3) is 0.0500. The number of amides is 1. The van der Waals surface area contributed by atoms with Gasteiger partial charge in [-0.25, -0.2) is 16.8 Å². The zero-order valence-electron chi connectivity index (χ0n) is 15.4. The van der Waals surface area contributed by atoms with Gasteiger partial charge in [-0.15, -0.1) is 0 Å². The van der Waals surface area contributed by atoms with Crippen LogP contribution in [-0.4, -0.2) is 29.0 Å². The van der Waals surface area contributed by atoms with E-state index in [9.17, 15) is 21.6 Å². The molecular formula is C20H18N2O5S2. The van der Waals surface area contributed by atoms with E-state index in [1.54, 1.807) is 36.4 Å². The van der Waals surface area contributed by atoms with E-state index in [1.165, 1.54) is 42.5 Å². The predicted octanol–water partition coefficient (Wildman–Crippen LogP) is 3.14. The molecule has 7 nitrogen and oxygen atoms in total. The van der Waals surface area contributed by atoms with E-state index >= 15 is 0 Å². The van der Waals surface area contributed by atoms with Gasteiger partial charge in [-0.2, -0.15) is 0 Å². The van der Waals surface area contributed by atoms with Gasteiger partial charge in [0.15, 0.2) is 9.84 Å². The Bertz CT molecular complexity index is 1240. The van der Waals surface area contributed by atoms with Gasteiger partial charge in [0.25, 0.3) is 15.9 Å². The van der Waals surface area contributed by atoms with Crippen molar-refractivity contribution in [2.45, 2.75) is 9.79 Å². The summed E-state index contributed by atoms with van der Waals surface area (Å²) in [5.41, 5.74) is 0.946. The predicted molar refractivity (Wildman–Crippen MR) is 111 cm³/mol. The minimum absolute atomic E-state index is 0.117. The Hall–Kier alpha value is -3.17. The lowest BCUT2D eigenvalue weighted by Gasteiger charge is -2.10. The van der Waals surface area contributed by atoms with Crippen LogP contribution in [0.4, 0.5) is 11.4 Å². The van der Waals surface area contributed by atoms with Crippen molar-refractivity contribution in [1.82, 2.24) is 0 Å². The second-order valence-electron chi connectivity index (χ2n) is 6.25. The summed E-state index contributed by atoms with van der Waals surface area (Å²) in [5, 5.41) is 2.66. The number of rotatable bonds is 6. The highest BCUT2D eigenvalue weighted by Gasteiger charge is 2.14. The molecule has 3 aromatic rings. The van der Waals surface area contributed by atoms with Crippen LogP contribution in [0.2, 0.25) is 0 Å². The molecule has 9 heteroatoms. The van der Waals surface area contributed by atoms with Crippen LogP contribution >= 0.6 is 0 Å². The van der Waals surface area contributed by atoms with E-state index in [2.05, 4.69) is 10.0 Å². The molecule has 0 spiro atoms. The van der Waals surface area contributed by atoms with Gasteiger partial charge in [-0.05, 0) is 54.6 Å². The number of anilines is 2. The topological polar surface area (TPSA) is 109 Å². The molecule has 1 amide bonds. The van der Waals surface area contributed by atoms with E-state index in [-0.39, 0.29) is 15.4 Å². The fourth-order valence-corrected chi connectivity index (χ4v) is 4.23. The van der Waals surface area contributed by atoms with Crippen molar-refractivity contribution < 1.29 is 21.6 Å². The van der Waals surface area contributed by atoms with Crippen LogP contribution in [0.5, 0.6) is 0 Å². The lowest BCUT2D eigenvalue weighted by atomic mass is 10.2. The third-order valence-electron chi connectivity index (χ3n) is 3.97. The van der Waals surface area contributed by atoms with Crippen LogP contribution in [0.1, 0.15) is 10.4 Å². The van der Waals surface area contributed by atoms with Gasteiger partial charge in [-0.1, -0.05) is 24.3 Å². The van der Waals surface area contributed by atoms with Crippen LogP contribution in [0.3, 0.4) is 0 Å². The maximum Gasteiger partial charge on any atom is 0.261 e. The van der Waals surface area contributed by atoms with Crippen molar-refractivity contribution in [3.8, 4) is 0 Å². The quantitative estimate of drug-likeness (QED) is 0.624. The summed E-state index contributed by atoms with van der Waals surface area (Å²) in [4.78, 5) is 12.6. The molecule has 0 heterocycles. The summed E-state index contributed by atoms with van der Waals surface area (Å²) in [6.07, 6.45) is 1.09. The van der Waals surface area contributed by atoms with Gasteiger partial charge in [0.05, 0.1) is 15.5 Å². The number of hydrogen-bond donors (Lipinski definition) is 2. The summed E-state index contributed by atoms with van der Waals surface area (Å²) >= 11 is 0. The van der Waals surface area contributed by atoms with Crippen molar-refractivity contribution in [2.75, 3.05) is 16.3 Å². The molecule has 0 fully saturated rings. The Balaban J connectivity index is 1.75. The number of sulfone groups is 1. The number of sulfonamides is 1. The van der Waals surface area contributed by atoms with E-state index in [0.29, 0.717) is 11.4 Å². The summed E-state index contributed by atoms with van der Waals surface area (Å²) in [5.74, 6) is -0.451. The first-order valence-electron chi connectivity index (χ1n) is 8.44. The zero-order chi connectivity index (χ0) is 21.1. The average Bonchev–Trinajstić information content (AvgIpc) is 2.68. The number of carbonyl (C=O) groups is 1. The van der Waals surface area contributed by atoms with E-state index in [4.69, 9.17) is 0 Å². The summed E-state index contributed by atoms with van der Waals surface area (Å²) < 4.78 is 50.3. The van der Waals surface area contributed by atoms with Crippen LogP contribution in [0.15, 0.2) is 88.7 Å². The Labute approximate surface area is 169 Å². The molecule has 3 aromatic carbocycles. The second kappa shape index (κ2) is 8.06. The number of benzene rings is 3. The minimum atomic E-state index is -3.75. The lowest BCUT2D eigenvalue weighted by molar-refractivity contribution is 0.102. The highest BCUT2D eigenvalue weighted by Crippen LogP contribution is 2.20. The first-order chi connectivity index (χ1) is 13.6. The summed E-state index contributed by atoms with van der Waals surface area (Å²) in [6, 6.07) is 19.7. The van der Waals surface area contributed by atoms with Crippen LogP contribution in [0, 0.1) is 0 Å². The molecule has 150 valence electrons. The van der Waals surface area contributed by atoms with Crippen LogP contribution in [-0.2, 0) is 19.9 Å². The van der Waals surface area contributed by atoms with Gasteiger partial charge >= 0.3 is 0 Å². The molecule has 0 atom stereocenters. The molecule has 0 aromatic heterocycles. The lowest BCUT2D eigenvalue weighted by Crippen LogP contribution is -2.14. The van der Waals surface area contributed by atoms with Gasteiger partial charge in [-0.3, -0.25) is 9.52 Å². The summed E-state index contributed by atoms with van der Waals surface area (Å²) in [7, 11) is -7.10. The fourth-order valence-electron chi connectivity index (χ4n) is 2.53. The van der Waals surface area contributed by atoms with Crippen LogP contribution < -0.4 is 10.0 Å². The molecule has 29 heavy (non-hydrogen) atoms. The maximum atomic E-state index is 12.4. The standard InChI is InChI=1S/C20H18N2O5S2/c1-28(24,25)18-12-10-15(11-13-18)20(23)21-16-6-5-7-17(14-16)22-29(26,27)19-8-3-2-4-9-19/h2-14,22H,1H3,(H,21,23). The van der Waals surface area contributed by atoms with Gasteiger partial charge < -0.3 is 5.32 Å². The molecule has 2 N–H and O–H groups in total. The largest absolute Gasteiger partial charge is 0.322 e. The number of carbonyl (C=O) groups excluding carboxylic acids is 1.